The van der Waals surface area contributed by atoms with Gasteiger partial charge in [-0.15, -0.1) is 15.5 Å². The zero-order chi connectivity index (χ0) is 10.9. The van der Waals surface area contributed by atoms with Crippen molar-refractivity contribution in [1.82, 2.24) is 0 Å². The molecule has 0 N–H and O–H groups in total. The minimum atomic E-state index is -2.91. The summed E-state index contributed by atoms with van der Waals surface area (Å²) >= 11 is 0. The van der Waals surface area contributed by atoms with Gasteiger partial charge in [-0.25, -0.2) is 0 Å². The van der Waals surface area contributed by atoms with Crippen molar-refractivity contribution in [1.29, 1.82) is 0 Å². The number of hydrogen-bond donors (Lipinski definition) is 0. The lowest BCUT2D eigenvalue weighted by atomic mass is 10.9. The molecule has 7 heteroatoms. The second-order valence-electron chi connectivity index (χ2n) is 2.23. The lowest BCUT2D eigenvalue weighted by molar-refractivity contribution is 0.0744. The van der Waals surface area contributed by atoms with Gasteiger partial charge < -0.3 is 13.6 Å². The first-order valence-corrected chi connectivity index (χ1v) is 6.39. The molecule has 0 aliphatic rings. The Labute approximate surface area is 84.6 Å². The predicted molar refractivity (Wildman–Crippen MR) is 57.4 cm³/mol. The van der Waals surface area contributed by atoms with E-state index >= 15 is 0 Å². The fraction of sp³-hybridized carbons (Fsp3) is 0.571. The van der Waals surface area contributed by atoms with E-state index in [1.807, 2.05) is 0 Å². The molecular weight excluding hydrogens is 202 g/mol. The van der Waals surface area contributed by atoms with Gasteiger partial charge in [0.1, 0.15) is 0 Å². The van der Waals surface area contributed by atoms with Gasteiger partial charge in [-0.1, -0.05) is 0 Å². The van der Waals surface area contributed by atoms with E-state index in [0.717, 1.165) is 0 Å². The molecule has 0 atom stereocenters. The lowest BCUT2D eigenvalue weighted by Crippen LogP contribution is -2.37. The zero-order valence-electron chi connectivity index (χ0n) is 8.80. The molecule has 80 valence electrons. The molecule has 0 fully saturated rings. The van der Waals surface area contributed by atoms with Crippen LogP contribution in [0.15, 0.2) is 15.5 Å². The summed E-state index contributed by atoms with van der Waals surface area (Å²) in [5.74, 6) is 0. The predicted octanol–water partition coefficient (Wildman–Crippen LogP) is 1.62. The average Bonchev–Trinajstić information content (AvgIpc) is 2.21. The number of oxime groups is 3. The first-order valence-electron chi connectivity index (χ1n) is 4.17. The number of hydrogen-bond acceptors (Lipinski definition) is 6. The molecule has 0 aromatic rings. The van der Waals surface area contributed by atoms with Gasteiger partial charge in [0.25, 0.3) is 0 Å². The lowest BCUT2D eigenvalue weighted by Gasteiger charge is -2.16. The summed E-state index contributed by atoms with van der Waals surface area (Å²) < 4.78 is 15.1. The molecule has 0 spiro atoms. The van der Waals surface area contributed by atoms with Crippen LogP contribution in [0, 0.1) is 0 Å². The monoisotopic (exact) mass is 217 g/mol. The Hall–Kier alpha value is -1.37. The van der Waals surface area contributed by atoms with Crippen molar-refractivity contribution < 1.29 is 13.6 Å². The minimum Gasteiger partial charge on any atom is -0.374 e. The Bertz CT molecular complexity index is 194. The van der Waals surface area contributed by atoms with Crippen LogP contribution in [0.5, 0.6) is 0 Å². The van der Waals surface area contributed by atoms with Crippen LogP contribution in [0.2, 0.25) is 6.55 Å². The smallest absolute Gasteiger partial charge is 0.374 e. The molecule has 0 rings (SSSR count). The molecule has 14 heavy (non-hydrogen) atoms. The molecule has 0 saturated heterocycles. The fourth-order valence-corrected chi connectivity index (χ4v) is 1.49. The summed E-state index contributed by atoms with van der Waals surface area (Å²) in [5, 5.41) is 10.8. The number of rotatable bonds is 6. The van der Waals surface area contributed by atoms with Crippen molar-refractivity contribution in [2.75, 3.05) is 0 Å². The minimum absolute atomic E-state index is 1.49. The van der Waals surface area contributed by atoms with E-state index in [-0.39, 0.29) is 0 Å². The highest BCUT2D eigenvalue weighted by molar-refractivity contribution is 6.59. The van der Waals surface area contributed by atoms with E-state index in [1.165, 1.54) is 18.6 Å². The van der Waals surface area contributed by atoms with Gasteiger partial charge in [0.05, 0.1) is 0 Å². The molecule has 0 saturated carbocycles. The second-order valence-corrected chi connectivity index (χ2v) is 4.50. The van der Waals surface area contributed by atoms with Crippen molar-refractivity contribution >= 4 is 27.4 Å². The third-order valence-electron chi connectivity index (χ3n) is 0.972. The van der Waals surface area contributed by atoms with Gasteiger partial charge in [-0.3, -0.25) is 0 Å². The Morgan fingerprint density at radius 2 is 1.07 bits per heavy atom. The van der Waals surface area contributed by atoms with Crippen molar-refractivity contribution in [3.8, 4) is 0 Å². The summed E-state index contributed by atoms with van der Waals surface area (Å²) in [5.41, 5.74) is 0. The first kappa shape index (κ1) is 12.6. The van der Waals surface area contributed by atoms with Gasteiger partial charge in [0, 0.05) is 25.2 Å². The first-order chi connectivity index (χ1) is 6.68. The van der Waals surface area contributed by atoms with E-state index in [0.29, 0.717) is 0 Å². The molecule has 0 aromatic heterocycles. The molecule has 0 heterocycles. The Morgan fingerprint density at radius 3 is 1.29 bits per heavy atom. The van der Waals surface area contributed by atoms with Crippen LogP contribution in [0.25, 0.3) is 0 Å². The van der Waals surface area contributed by atoms with Crippen LogP contribution in [0.3, 0.4) is 0 Å². The van der Waals surface area contributed by atoms with Crippen molar-refractivity contribution in [2.45, 2.75) is 27.3 Å². The van der Waals surface area contributed by atoms with Crippen molar-refractivity contribution in [3.63, 3.8) is 0 Å². The van der Waals surface area contributed by atoms with Crippen LogP contribution in [0.1, 0.15) is 20.8 Å². The fourth-order valence-electron chi connectivity index (χ4n) is 0.495. The highest BCUT2D eigenvalue weighted by atomic mass is 28.4. The molecule has 0 aliphatic carbocycles. The van der Waals surface area contributed by atoms with E-state index in [4.69, 9.17) is 13.6 Å². The largest absolute Gasteiger partial charge is 0.759 e. The molecule has 0 aromatic carbocycles. The topological polar surface area (TPSA) is 64.8 Å². The van der Waals surface area contributed by atoms with Crippen LogP contribution in [-0.4, -0.2) is 27.4 Å². The standard InChI is InChI=1S/C7H15N3O3Si/c1-5-8-11-14(4,12-9-6-2)13-10-7-3/h5-7H,1-4H3/b8-5+,9-6+,10-7+. The summed E-state index contributed by atoms with van der Waals surface area (Å²) in [6.07, 6.45) is 4.47. The summed E-state index contributed by atoms with van der Waals surface area (Å²) in [6, 6.07) is 0. The normalized spacial score (nSPS) is 12.9. The molecule has 0 radical (unpaired) electrons. The Kier molecular flexibility index (Phi) is 6.38. The Morgan fingerprint density at radius 1 is 0.786 bits per heavy atom. The third kappa shape index (κ3) is 5.30. The molecule has 6 nitrogen and oxygen atoms in total. The quantitative estimate of drug-likeness (QED) is 0.386. The van der Waals surface area contributed by atoms with E-state index < -0.39 is 8.80 Å². The maximum Gasteiger partial charge on any atom is 0.759 e. The summed E-state index contributed by atoms with van der Waals surface area (Å²) in [6.45, 7) is 6.81. The molecule has 0 amide bonds. The van der Waals surface area contributed by atoms with Gasteiger partial charge in [-0.05, 0) is 20.8 Å². The van der Waals surface area contributed by atoms with Gasteiger partial charge in [-0.2, -0.15) is 0 Å². The SMILES string of the molecule is C/C=N/O[Si](C)(O/N=C/C)O/N=C/C. The highest BCUT2D eigenvalue weighted by Gasteiger charge is 2.44. The maximum atomic E-state index is 5.02. The summed E-state index contributed by atoms with van der Waals surface area (Å²) in [7, 11) is -2.91. The average molecular weight is 217 g/mol. The molecular formula is C7H15N3O3Si. The Balaban J connectivity index is 4.30. The van der Waals surface area contributed by atoms with Crippen LogP contribution < -0.4 is 0 Å². The number of nitrogens with zero attached hydrogens (tertiary/aromatic N) is 3. The van der Waals surface area contributed by atoms with Crippen molar-refractivity contribution in [3.05, 3.63) is 0 Å². The molecule has 0 bridgehead atoms. The van der Waals surface area contributed by atoms with Crippen LogP contribution in [-0.2, 0) is 13.6 Å². The second kappa shape index (κ2) is 7.07. The van der Waals surface area contributed by atoms with E-state index in [9.17, 15) is 0 Å². The third-order valence-corrected chi connectivity index (χ3v) is 2.28. The van der Waals surface area contributed by atoms with Crippen LogP contribution >= 0.6 is 0 Å². The molecule has 0 aliphatic heterocycles. The van der Waals surface area contributed by atoms with E-state index in [1.54, 1.807) is 27.3 Å². The zero-order valence-corrected chi connectivity index (χ0v) is 9.80. The summed E-state index contributed by atoms with van der Waals surface area (Å²) in [4.78, 5) is 0. The molecule has 0 unspecified atom stereocenters. The van der Waals surface area contributed by atoms with Gasteiger partial charge in [0.2, 0.25) is 0 Å². The highest BCUT2D eigenvalue weighted by Crippen LogP contribution is 2.10. The van der Waals surface area contributed by atoms with Crippen molar-refractivity contribution in [2.24, 2.45) is 15.5 Å². The maximum absolute atomic E-state index is 5.02. The van der Waals surface area contributed by atoms with Crippen LogP contribution in [0.4, 0.5) is 0 Å². The van der Waals surface area contributed by atoms with E-state index in [2.05, 4.69) is 15.5 Å². The van der Waals surface area contributed by atoms with Gasteiger partial charge in [0.15, 0.2) is 0 Å². The van der Waals surface area contributed by atoms with Gasteiger partial charge >= 0.3 is 8.80 Å².